The normalized spacial score (nSPS) is 11.7. The van der Waals surface area contributed by atoms with Crippen molar-refractivity contribution in [2.75, 3.05) is 0 Å². The Morgan fingerprint density at radius 3 is 2.80 bits per heavy atom. The number of H-pyrrole nitrogens is 1. The van der Waals surface area contributed by atoms with Crippen LogP contribution in [0.3, 0.4) is 0 Å². The lowest BCUT2D eigenvalue weighted by atomic mass is 10.2. The molecule has 3 aromatic heterocycles. The summed E-state index contributed by atoms with van der Waals surface area (Å²) < 4.78 is 8.12. The third-order valence-electron chi connectivity index (χ3n) is 4.16. The molecule has 0 aliphatic heterocycles. The molecule has 0 radical (unpaired) electrons. The summed E-state index contributed by atoms with van der Waals surface area (Å²) in [6.45, 7) is 0.202. The summed E-state index contributed by atoms with van der Waals surface area (Å²) in [5, 5.41) is 0.785. The van der Waals surface area contributed by atoms with Crippen LogP contribution < -0.4 is 10.4 Å². The molecular weight excluding hydrogens is 338 g/mol. The van der Waals surface area contributed by atoms with Crippen LogP contribution in [0.5, 0.6) is 0 Å². The third kappa shape index (κ3) is 2.13. The predicted molar refractivity (Wildman–Crippen MR) is 97.3 cm³/mol. The van der Waals surface area contributed by atoms with Gasteiger partial charge in [-0.1, -0.05) is 35.6 Å². The van der Waals surface area contributed by atoms with E-state index in [9.17, 15) is 9.59 Å². The molecule has 122 valence electrons. The van der Waals surface area contributed by atoms with Gasteiger partial charge in [0.25, 0.3) is 5.56 Å². The molecule has 25 heavy (non-hydrogen) atoms. The number of para-hydroxylation sites is 2. The highest BCUT2D eigenvalue weighted by Gasteiger charge is 2.14. The number of benzene rings is 2. The van der Waals surface area contributed by atoms with Gasteiger partial charge in [0, 0.05) is 5.39 Å². The third-order valence-corrected chi connectivity index (χ3v) is 5.12. The first-order valence-corrected chi connectivity index (χ1v) is 8.51. The van der Waals surface area contributed by atoms with Crippen molar-refractivity contribution < 1.29 is 4.42 Å². The van der Waals surface area contributed by atoms with Crippen LogP contribution in [-0.4, -0.2) is 14.5 Å². The van der Waals surface area contributed by atoms with Crippen molar-refractivity contribution in [1.82, 2.24) is 14.5 Å². The van der Waals surface area contributed by atoms with Gasteiger partial charge < -0.3 is 9.40 Å². The van der Waals surface area contributed by atoms with Crippen molar-refractivity contribution in [1.29, 1.82) is 0 Å². The van der Waals surface area contributed by atoms with E-state index in [1.54, 1.807) is 10.6 Å². The average Bonchev–Trinajstić information content (AvgIpc) is 3.14. The van der Waals surface area contributed by atoms with Crippen molar-refractivity contribution in [3.63, 3.8) is 0 Å². The second kappa shape index (κ2) is 5.15. The molecule has 0 aliphatic carbocycles. The Morgan fingerprint density at radius 1 is 1.08 bits per heavy atom. The van der Waals surface area contributed by atoms with Gasteiger partial charge in [0.15, 0.2) is 0 Å². The van der Waals surface area contributed by atoms with E-state index in [4.69, 9.17) is 4.42 Å². The van der Waals surface area contributed by atoms with Crippen LogP contribution in [0.25, 0.3) is 32.3 Å². The van der Waals surface area contributed by atoms with Gasteiger partial charge in [-0.15, -0.1) is 0 Å². The first kappa shape index (κ1) is 14.2. The number of fused-ring (bicyclic) bond motifs is 4. The maximum Gasteiger partial charge on any atom is 0.308 e. The number of aromatic amines is 1. The van der Waals surface area contributed by atoms with E-state index in [2.05, 4.69) is 9.97 Å². The lowest BCUT2D eigenvalue weighted by Crippen LogP contribution is -2.18. The highest BCUT2D eigenvalue weighted by molar-refractivity contribution is 7.16. The summed E-state index contributed by atoms with van der Waals surface area (Å²) in [6.07, 6.45) is 0. The standard InChI is InChI=1S/C18H11N3O3S/c22-17-16-15(10-5-1-3-7-12(10)24-16)19-14(20-17)9-21-11-6-2-4-8-13(11)25-18(21)23/h1-8H,9H2,(H,19,20,22). The Morgan fingerprint density at radius 2 is 1.88 bits per heavy atom. The molecule has 0 fully saturated rings. The molecular formula is C18H11N3O3S. The van der Waals surface area contributed by atoms with Gasteiger partial charge in [-0.3, -0.25) is 14.2 Å². The van der Waals surface area contributed by atoms with Gasteiger partial charge in [-0.05, 0) is 24.3 Å². The van der Waals surface area contributed by atoms with Crippen LogP contribution in [-0.2, 0) is 6.54 Å². The molecule has 0 saturated heterocycles. The zero-order valence-electron chi connectivity index (χ0n) is 12.9. The molecule has 0 amide bonds. The van der Waals surface area contributed by atoms with Crippen molar-refractivity contribution in [2.24, 2.45) is 0 Å². The van der Waals surface area contributed by atoms with Gasteiger partial charge in [-0.2, -0.15) is 0 Å². The van der Waals surface area contributed by atoms with Crippen LogP contribution in [0, 0.1) is 0 Å². The van der Waals surface area contributed by atoms with Crippen LogP contribution in [0.2, 0.25) is 0 Å². The summed E-state index contributed by atoms with van der Waals surface area (Å²) in [4.78, 5) is 31.9. The molecule has 0 bridgehead atoms. The van der Waals surface area contributed by atoms with Gasteiger partial charge in [0.2, 0.25) is 5.58 Å². The molecule has 0 atom stereocenters. The maximum atomic E-state index is 12.4. The number of nitrogens with zero attached hydrogens (tertiary/aromatic N) is 2. The van der Waals surface area contributed by atoms with Gasteiger partial charge >= 0.3 is 4.87 Å². The minimum absolute atomic E-state index is 0.0824. The molecule has 5 aromatic rings. The van der Waals surface area contributed by atoms with Gasteiger partial charge in [-0.25, -0.2) is 4.98 Å². The molecule has 6 nitrogen and oxygen atoms in total. The van der Waals surface area contributed by atoms with Crippen LogP contribution in [0.15, 0.2) is 62.5 Å². The second-order valence-corrected chi connectivity index (χ2v) is 6.70. The molecule has 2 aromatic carbocycles. The molecule has 0 aliphatic rings. The summed E-state index contributed by atoms with van der Waals surface area (Å²) >= 11 is 1.18. The number of rotatable bonds is 2. The van der Waals surface area contributed by atoms with E-state index < -0.39 is 0 Å². The maximum absolute atomic E-state index is 12.4. The number of furan rings is 1. The van der Waals surface area contributed by atoms with Crippen molar-refractivity contribution >= 4 is 43.6 Å². The first-order chi connectivity index (χ1) is 12.2. The quantitative estimate of drug-likeness (QED) is 0.531. The Labute approximate surface area is 144 Å². The van der Waals surface area contributed by atoms with Gasteiger partial charge in [0.05, 0.1) is 16.8 Å². The zero-order valence-corrected chi connectivity index (χ0v) is 13.7. The molecule has 0 spiro atoms. The molecule has 3 heterocycles. The van der Waals surface area contributed by atoms with Crippen molar-refractivity contribution in [2.45, 2.75) is 6.54 Å². The summed E-state index contributed by atoms with van der Waals surface area (Å²) in [6, 6.07) is 14.9. The topological polar surface area (TPSA) is 80.9 Å². The van der Waals surface area contributed by atoms with Crippen LogP contribution in [0.1, 0.15) is 5.82 Å². The summed E-state index contributed by atoms with van der Waals surface area (Å²) in [7, 11) is 0. The Balaban J connectivity index is 1.73. The summed E-state index contributed by atoms with van der Waals surface area (Å²) in [5.74, 6) is 0.426. The largest absolute Gasteiger partial charge is 0.449 e. The number of aromatic nitrogens is 3. The average molecular weight is 349 g/mol. The predicted octanol–water partition coefficient (Wildman–Crippen LogP) is 3.09. The monoisotopic (exact) mass is 349 g/mol. The van der Waals surface area contributed by atoms with Crippen molar-refractivity contribution in [3.05, 3.63) is 74.4 Å². The Kier molecular flexibility index (Phi) is 2.92. The highest BCUT2D eigenvalue weighted by atomic mass is 32.1. The second-order valence-electron chi connectivity index (χ2n) is 5.71. The fraction of sp³-hybridized carbons (Fsp3) is 0.0556. The number of hydrogen-bond donors (Lipinski definition) is 1. The Bertz CT molecular complexity index is 1370. The minimum Gasteiger partial charge on any atom is -0.449 e. The van der Waals surface area contributed by atoms with Crippen LogP contribution in [0.4, 0.5) is 0 Å². The van der Waals surface area contributed by atoms with E-state index in [1.807, 2.05) is 42.5 Å². The SMILES string of the molecule is O=c1[nH]c(Cn2c(=O)sc3ccccc32)nc2c1oc1ccccc12. The molecule has 0 unspecified atom stereocenters. The fourth-order valence-electron chi connectivity index (χ4n) is 3.04. The zero-order chi connectivity index (χ0) is 17.0. The minimum atomic E-state index is -0.344. The molecule has 0 saturated carbocycles. The highest BCUT2D eigenvalue weighted by Crippen LogP contribution is 2.24. The number of nitrogens with one attached hydrogen (secondary N) is 1. The fourth-order valence-corrected chi connectivity index (χ4v) is 3.93. The lowest BCUT2D eigenvalue weighted by Gasteiger charge is -2.03. The van der Waals surface area contributed by atoms with Crippen molar-refractivity contribution in [3.8, 4) is 0 Å². The molecule has 1 N–H and O–H groups in total. The molecule has 5 rings (SSSR count). The van der Waals surface area contributed by atoms with E-state index in [0.29, 0.717) is 16.9 Å². The number of hydrogen-bond acceptors (Lipinski definition) is 5. The summed E-state index contributed by atoms with van der Waals surface area (Å²) in [5.41, 5.74) is 1.82. The Hall–Kier alpha value is -3.19. The van der Waals surface area contributed by atoms with E-state index in [1.165, 1.54) is 11.3 Å². The molecule has 7 heteroatoms. The van der Waals surface area contributed by atoms with E-state index in [-0.39, 0.29) is 22.6 Å². The first-order valence-electron chi connectivity index (χ1n) is 7.69. The van der Waals surface area contributed by atoms with Crippen LogP contribution >= 0.6 is 11.3 Å². The van der Waals surface area contributed by atoms with E-state index >= 15 is 0 Å². The van der Waals surface area contributed by atoms with Gasteiger partial charge in [0.1, 0.15) is 16.9 Å². The lowest BCUT2D eigenvalue weighted by molar-refractivity contribution is 0.657. The van der Waals surface area contributed by atoms with E-state index in [0.717, 1.165) is 15.6 Å². The number of thiazole rings is 1. The smallest absolute Gasteiger partial charge is 0.308 e.